The fourth-order valence-electron chi connectivity index (χ4n) is 1.50. The molecule has 0 saturated heterocycles. The van der Waals surface area contributed by atoms with Crippen molar-refractivity contribution in [2.24, 2.45) is 5.10 Å². The fourth-order valence-corrected chi connectivity index (χ4v) is 1.50. The lowest BCUT2D eigenvalue weighted by Crippen LogP contribution is -2.27. The third-order valence-corrected chi connectivity index (χ3v) is 2.20. The normalized spacial score (nSPS) is 27.4. The van der Waals surface area contributed by atoms with Crippen LogP contribution >= 0.6 is 0 Å². The molecule has 0 saturated carbocycles. The van der Waals surface area contributed by atoms with Gasteiger partial charge in [-0.1, -0.05) is 35.4 Å². The topological polar surface area (TPSA) is 35.4 Å². The van der Waals surface area contributed by atoms with Crippen molar-refractivity contribution in [2.45, 2.75) is 6.42 Å². The molecule has 1 aliphatic heterocycles. The maximum atomic E-state index is 11.4. The highest BCUT2D eigenvalue weighted by atomic mass is 16.6. The van der Waals surface area contributed by atoms with E-state index in [0.717, 1.165) is 17.7 Å². The molecule has 0 bridgehead atoms. The third kappa shape index (κ3) is 1.76. The van der Waals surface area contributed by atoms with E-state index in [9.17, 15) is 5.21 Å². The van der Waals surface area contributed by atoms with Gasteiger partial charge >= 0.3 is 0 Å². The average Bonchev–Trinajstić information content (AvgIpc) is 2.48. The van der Waals surface area contributed by atoms with Crippen molar-refractivity contribution < 1.29 is 4.76 Å². The molecular formula is C10H12N2O. The van der Waals surface area contributed by atoms with Gasteiger partial charge in [-0.05, 0) is 0 Å². The molecule has 1 aromatic carbocycles. The maximum Gasteiger partial charge on any atom is 0.109 e. The zero-order chi connectivity index (χ0) is 9.31. The van der Waals surface area contributed by atoms with E-state index in [1.54, 1.807) is 7.05 Å². The van der Waals surface area contributed by atoms with Gasteiger partial charge in [0.15, 0.2) is 0 Å². The van der Waals surface area contributed by atoms with Gasteiger partial charge < -0.3 is 5.21 Å². The minimum absolute atomic E-state index is 0.482. The van der Waals surface area contributed by atoms with Gasteiger partial charge in [0.05, 0.1) is 7.05 Å². The SMILES string of the molecule is C[N+]1([O-])CCC(c2ccccc2)=N1. The quantitative estimate of drug-likeness (QED) is 0.474. The minimum atomic E-state index is -0.482. The summed E-state index contributed by atoms with van der Waals surface area (Å²) >= 11 is 0. The molecule has 3 heteroatoms. The lowest BCUT2D eigenvalue weighted by atomic mass is 10.1. The number of benzene rings is 1. The van der Waals surface area contributed by atoms with Crippen LogP contribution in [-0.4, -0.2) is 24.1 Å². The average molecular weight is 176 g/mol. The van der Waals surface area contributed by atoms with Crippen LogP contribution in [0.5, 0.6) is 0 Å². The zero-order valence-corrected chi connectivity index (χ0v) is 7.60. The van der Waals surface area contributed by atoms with Gasteiger partial charge in [-0.15, -0.1) is 0 Å². The number of rotatable bonds is 1. The van der Waals surface area contributed by atoms with E-state index in [2.05, 4.69) is 5.10 Å². The highest BCUT2D eigenvalue weighted by Gasteiger charge is 2.21. The molecule has 1 aliphatic rings. The second kappa shape index (κ2) is 2.94. The Morgan fingerprint density at radius 3 is 2.54 bits per heavy atom. The van der Waals surface area contributed by atoms with E-state index in [1.807, 2.05) is 30.3 Å². The van der Waals surface area contributed by atoms with Crippen LogP contribution in [0.4, 0.5) is 0 Å². The van der Waals surface area contributed by atoms with Gasteiger partial charge in [0.25, 0.3) is 0 Å². The Bertz CT molecular complexity index is 330. The Hall–Kier alpha value is -1.19. The molecule has 3 nitrogen and oxygen atoms in total. The van der Waals surface area contributed by atoms with Gasteiger partial charge in [0, 0.05) is 12.0 Å². The van der Waals surface area contributed by atoms with E-state index < -0.39 is 4.76 Å². The summed E-state index contributed by atoms with van der Waals surface area (Å²) in [5.41, 5.74) is 2.00. The van der Waals surface area contributed by atoms with Crippen molar-refractivity contribution in [3.05, 3.63) is 41.1 Å². The van der Waals surface area contributed by atoms with Crippen LogP contribution in [0.2, 0.25) is 0 Å². The summed E-state index contributed by atoms with van der Waals surface area (Å²) in [6.45, 7) is 0.560. The second-order valence-electron chi connectivity index (χ2n) is 3.44. The van der Waals surface area contributed by atoms with Gasteiger partial charge in [0.2, 0.25) is 0 Å². The second-order valence-corrected chi connectivity index (χ2v) is 3.44. The Morgan fingerprint density at radius 2 is 2.00 bits per heavy atom. The molecule has 0 aromatic heterocycles. The Balaban J connectivity index is 2.30. The van der Waals surface area contributed by atoms with Crippen molar-refractivity contribution in [1.82, 2.24) is 0 Å². The third-order valence-electron chi connectivity index (χ3n) is 2.20. The summed E-state index contributed by atoms with van der Waals surface area (Å²) in [5, 5.41) is 15.5. The van der Waals surface area contributed by atoms with Crippen LogP contribution in [0.15, 0.2) is 35.4 Å². The predicted octanol–water partition coefficient (Wildman–Crippen LogP) is 1.74. The molecule has 0 aliphatic carbocycles. The first-order valence-corrected chi connectivity index (χ1v) is 4.38. The van der Waals surface area contributed by atoms with Crippen LogP contribution in [0.25, 0.3) is 0 Å². The molecule has 13 heavy (non-hydrogen) atoms. The molecule has 0 radical (unpaired) electrons. The lowest BCUT2D eigenvalue weighted by Gasteiger charge is -2.25. The van der Waals surface area contributed by atoms with Crippen LogP contribution < -0.4 is 0 Å². The monoisotopic (exact) mass is 176 g/mol. The van der Waals surface area contributed by atoms with Gasteiger partial charge in [0.1, 0.15) is 12.3 Å². The maximum absolute atomic E-state index is 11.4. The molecule has 0 amide bonds. The molecule has 1 heterocycles. The largest absolute Gasteiger partial charge is 0.605 e. The van der Waals surface area contributed by atoms with Crippen molar-refractivity contribution in [1.29, 1.82) is 0 Å². The molecule has 0 fully saturated rings. The van der Waals surface area contributed by atoms with Crippen molar-refractivity contribution >= 4 is 5.71 Å². The zero-order valence-electron chi connectivity index (χ0n) is 7.60. The number of hydroxylamine groups is 2. The van der Waals surface area contributed by atoms with Crippen molar-refractivity contribution in [3.63, 3.8) is 0 Å². The first kappa shape index (κ1) is 8.41. The van der Waals surface area contributed by atoms with Crippen LogP contribution in [0.1, 0.15) is 12.0 Å². The van der Waals surface area contributed by atoms with E-state index in [0.29, 0.717) is 6.54 Å². The number of nitrogens with zero attached hydrogens (tertiary/aromatic N) is 2. The molecule has 1 atom stereocenters. The molecule has 0 N–H and O–H groups in total. The van der Waals surface area contributed by atoms with Gasteiger partial charge in [-0.2, -0.15) is 0 Å². The highest BCUT2D eigenvalue weighted by molar-refractivity contribution is 6.00. The standard InChI is InChI=1S/C10H12N2O/c1-12(13)8-7-10(11-12)9-5-3-2-4-6-9/h2-6H,7-8H2,1H3. The number of quaternary nitrogens is 1. The van der Waals surface area contributed by atoms with E-state index in [1.165, 1.54) is 0 Å². The molecule has 68 valence electrons. The van der Waals surface area contributed by atoms with E-state index in [4.69, 9.17) is 0 Å². The smallest absolute Gasteiger partial charge is 0.109 e. The first-order chi connectivity index (χ1) is 6.17. The summed E-state index contributed by atoms with van der Waals surface area (Å²) in [5.74, 6) is 0. The Labute approximate surface area is 77.5 Å². The molecule has 1 aromatic rings. The van der Waals surface area contributed by atoms with E-state index >= 15 is 0 Å². The molecule has 1 unspecified atom stereocenters. The van der Waals surface area contributed by atoms with Crippen LogP contribution in [-0.2, 0) is 0 Å². The van der Waals surface area contributed by atoms with Crippen LogP contribution in [0.3, 0.4) is 0 Å². The molecular weight excluding hydrogens is 164 g/mol. The summed E-state index contributed by atoms with van der Waals surface area (Å²) < 4.78 is -0.482. The highest BCUT2D eigenvalue weighted by Crippen LogP contribution is 2.17. The Morgan fingerprint density at radius 1 is 1.31 bits per heavy atom. The Kier molecular flexibility index (Phi) is 1.90. The summed E-state index contributed by atoms with van der Waals surface area (Å²) in [7, 11) is 1.58. The minimum Gasteiger partial charge on any atom is -0.605 e. The number of hydrogen-bond acceptors (Lipinski definition) is 2. The van der Waals surface area contributed by atoms with E-state index in [-0.39, 0.29) is 0 Å². The molecule has 0 spiro atoms. The summed E-state index contributed by atoms with van der Waals surface area (Å²) in [6, 6.07) is 9.87. The first-order valence-electron chi connectivity index (χ1n) is 4.38. The molecule has 2 rings (SSSR count). The number of hydrogen-bond donors (Lipinski definition) is 0. The lowest BCUT2D eigenvalue weighted by molar-refractivity contribution is -0.861. The van der Waals surface area contributed by atoms with Crippen LogP contribution in [0, 0.1) is 5.21 Å². The van der Waals surface area contributed by atoms with Crippen molar-refractivity contribution in [2.75, 3.05) is 13.6 Å². The van der Waals surface area contributed by atoms with Gasteiger partial charge in [-0.25, -0.2) is 4.76 Å². The fraction of sp³-hybridized carbons (Fsp3) is 0.300. The summed E-state index contributed by atoms with van der Waals surface area (Å²) in [6.07, 6.45) is 0.782. The van der Waals surface area contributed by atoms with Gasteiger partial charge in [-0.3, -0.25) is 0 Å². The summed E-state index contributed by atoms with van der Waals surface area (Å²) in [4.78, 5) is 0. The predicted molar refractivity (Wildman–Crippen MR) is 52.0 cm³/mol. The van der Waals surface area contributed by atoms with Crippen molar-refractivity contribution in [3.8, 4) is 0 Å².